The van der Waals surface area contributed by atoms with Crippen molar-refractivity contribution in [1.29, 1.82) is 0 Å². The van der Waals surface area contributed by atoms with Gasteiger partial charge in [-0.3, -0.25) is 9.10 Å². The van der Waals surface area contributed by atoms with E-state index in [1.54, 1.807) is 12.1 Å². The van der Waals surface area contributed by atoms with Gasteiger partial charge in [0, 0.05) is 17.4 Å². The van der Waals surface area contributed by atoms with Crippen LogP contribution in [0.3, 0.4) is 0 Å². The minimum atomic E-state index is -4.04. The molecule has 7 nitrogen and oxygen atoms in total. The third-order valence-corrected chi connectivity index (χ3v) is 6.32. The van der Waals surface area contributed by atoms with Crippen LogP contribution >= 0.6 is 27.5 Å². The summed E-state index contributed by atoms with van der Waals surface area (Å²) in [7, 11) is -4.04. The molecule has 2 N–H and O–H groups in total. The molecule has 27 heavy (non-hydrogen) atoms. The third kappa shape index (κ3) is 5.21. The molecule has 0 saturated carbocycles. The number of carboxylic acid groups (broad SMARTS) is 2. The smallest absolute Gasteiger partial charge is 0.337 e. The van der Waals surface area contributed by atoms with Crippen LogP contribution in [0.5, 0.6) is 0 Å². The van der Waals surface area contributed by atoms with Crippen LogP contribution in [-0.2, 0) is 14.8 Å². The Bertz CT molecular complexity index is 962. The van der Waals surface area contributed by atoms with E-state index < -0.39 is 22.0 Å². The highest BCUT2D eigenvalue weighted by Crippen LogP contribution is 2.29. The van der Waals surface area contributed by atoms with Gasteiger partial charge in [-0.2, -0.15) is 0 Å². The zero-order valence-electron chi connectivity index (χ0n) is 13.8. The molecule has 0 spiro atoms. The Morgan fingerprint density at radius 1 is 1.07 bits per heavy atom. The highest BCUT2D eigenvalue weighted by Gasteiger charge is 2.26. The minimum Gasteiger partial charge on any atom is -0.481 e. The number of benzene rings is 2. The number of halogens is 2. The second-order valence-electron chi connectivity index (χ2n) is 5.50. The Balaban J connectivity index is 2.51. The number of hydrogen-bond acceptors (Lipinski definition) is 4. The first kappa shape index (κ1) is 21.2. The summed E-state index contributed by atoms with van der Waals surface area (Å²) in [5, 5.41) is 18.0. The Kier molecular flexibility index (Phi) is 6.85. The molecule has 2 aromatic rings. The summed E-state index contributed by atoms with van der Waals surface area (Å²) in [6, 6.07) is 9.75. The van der Waals surface area contributed by atoms with Gasteiger partial charge in [0.05, 0.1) is 21.2 Å². The number of carbonyl (C=O) groups is 2. The molecule has 144 valence electrons. The zero-order chi connectivity index (χ0) is 20.2. The van der Waals surface area contributed by atoms with E-state index >= 15 is 0 Å². The fourth-order valence-electron chi connectivity index (χ4n) is 2.33. The molecule has 0 aliphatic rings. The van der Waals surface area contributed by atoms with Gasteiger partial charge in [0.15, 0.2) is 0 Å². The normalized spacial score (nSPS) is 11.2. The summed E-state index contributed by atoms with van der Waals surface area (Å²) in [5.74, 6) is -2.35. The van der Waals surface area contributed by atoms with Gasteiger partial charge in [-0.05, 0) is 48.9 Å². The minimum absolute atomic E-state index is 0.00662. The second-order valence-corrected chi connectivity index (χ2v) is 8.68. The van der Waals surface area contributed by atoms with E-state index in [1.165, 1.54) is 24.3 Å². The van der Waals surface area contributed by atoms with Gasteiger partial charge in [0.25, 0.3) is 10.0 Å². The molecule has 0 bridgehead atoms. The first-order valence-corrected chi connectivity index (χ1v) is 10.3. The summed E-state index contributed by atoms with van der Waals surface area (Å²) in [4.78, 5) is 22.1. The van der Waals surface area contributed by atoms with Crippen LogP contribution in [-0.4, -0.2) is 37.1 Å². The van der Waals surface area contributed by atoms with Gasteiger partial charge in [0.1, 0.15) is 0 Å². The lowest BCUT2D eigenvalue weighted by Crippen LogP contribution is -2.32. The number of aromatic carboxylic acids is 1. The number of aliphatic carboxylic acids is 1. The average Bonchev–Trinajstić information content (AvgIpc) is 2.59. The molecule has 0 aliphatic heterocycles. The van der Waals surface area contributed by atoms with Crippen LogP contribution in [0.15, 0.2) is 51.8 Å². The van der Waals surface area contributed by atoms with Crippen molar-refractivity contribution < 1.29 is 28.2 Å². The van der Waals surface area contributed by atoms with E-state index in [1.807, 2.05) is 0 Å². The third-order valence-electron chi connectivity index (χ3n) is 3.62. The molecule has 10 heteroatoms. The molecular formula is C17H15BrClNO6S. The monoisotopic (exact) mass is 475 g/mol. The molecule has 2 aromatic carbocycles. The summed E-state index contributed by atoms with van der Waals surface area (Å²) in [5.41, 5.74) is -0.159. The van der Waals surface area contributed by atoms with Crippen LogP contribution in [0, 0.1) is 0 Å². The SMILES string of the molecule is O=C(O)CCCN(c1ccc(Cl)c(C(=O)O)c1)S(=O)(=O)c1ccc(Br)cc1. The number of anilines is 1. The fraction of sp³-hybridized carbons (Fsp3) is 0.176. The maximum absolute atomic E-state index is 13.1. The van der Waals surface area contributed by atoms with Crippen LogP contribution in [0.1, 0.15) is 23.2 Å². The standard InChI is InChI=1S/C17H15BrClNO6S/c18-11-3-6-13(7-4-11)27(25,26)20(9-1-2-16(21)22)12-5-8-15(19)14(10-12)17(23)24/h3-8,10H,1-2,9H2,(H,21,22)(H,23,24). The lowest BCUT2D eigenvalue weighted by molar-refractivity contribution is -0.137. The Morgan fingerprint density at radius 2 is 1.70 bits per heavy atom. The highest BCUT2D eigenvalue weighted by atomic mass is 79.9. The summed E-state index contributed by atoms with van der Waals surface area (Å²) < 4.78 is 27.8. The van der Waals surface area contributed by atoms with E-state index in [4.69, 9.17) is 16.7 Å². The quantitative estimate of drug-likeness (QED) is 0.598. The Morgan fingerprint density at radius 3 is 2.26 bits per heavy atom. The van der Waals surface area contributed by atoms with Crippen LogP contribution in [0.2, 0.25) is 5.02 Å². The van der Waals surface area contributed by atoms with Crippen molar-refractivity contribution in [2.75, 3.05) is 10.8 Å². The van der Waals surface area contributed by atoms with Crippen molar-refractivity contribution in [2.24, 2.45) is 0 Å². The summed E-state index contributed by atoms with van der Waals surface area (Å²) in [6.07, 6.45) is -0.179. The zero-order valence-corrected chi connectivity index (χ0v) is 17.0. The fourth-order valence-corrected chi connectivity index (χ4v) is 4.29. The number of sulfonamides is 1. The average molecular weight is 477 g/mol. The molecule has 0 amide bonds. The Hall–Kier alpha value is -2.10. The number of carboxylic acids is 2. The number of nitrogens with zero attached hydrogens (tertiary/aromatic N) is 1. The topological polar surface area (TPSA) is 112 Å². The van der Waals surface area contributed by atoms with Crippen molar-refractivity contribution >= 4 is 55.2 Å². The lowest BCUT2D eigenvalue weighted by atomic mass is 10.2. The van der Waals surface area contributed by atoms with E-state index in [2.05, 4.69) is 15.9 Å². The lowest BCUT2D eigenvalue weighted by Gasteiger charge is -2.25. The van der Waals surface area contributed by atoms with Gasteiger partial charge < -0.3 is 10.2 Å². The van der Waals surface area contributed by atoms with Gasteiger partial charge in [-0.25, -0.2) is 13.2 Å². The van der Waals surface area contributed by atoms with Crippen molar-refractivity contribution in [3.63, 3.8) is 0 Å². The van der Waals surface area contributed by atoms with Gasteiger partial charge in [0.2, 0.25) is 0 Å². The summed E-state index contributed by atoms with van der Waals surface area (Å²) >= 11 is 9.09. The van der Waals surface area contributed by atoms with E-state index in [0.717, 1.165) is 10.4 Å². The van der Waals surface area contributed by atoms with Crippen molar-refractivity contribution in [3.05, 3.63) is 57.5 Å². The number of hydrogen-bond donors (Lipinski definition) is 2. The van der Waals surface area contributed by atoms with Gasteiger partial charge >= 0.3 is 11.9 Å². The molecule has 0 atom stereocenters. The van der Waals surface area contributed by atoms with E-state index in [0.29, 0.717) is 4.47 Å². The maximum Gasteiger partial charge on any atom is 0.337 e. The number of rotatable bonds is 8. The predicted molar refractivity (Wildman–Crippen MR) is 104 cm³/mol. The first-order chi connectivity index (χ1) is 12.6. The van der Waals surface area contributed by atoms with Crippen LogP contribution in [0.4, 0.5) is 5.69 Å². The van der Waals surface area contributed by atoms with Crippen molar-refractivity contribution in [1.82, 2.24) is 0 Å². The molecule has 0 saturated heterocycles. The molecule has 0 aliphatic carbocycles. The van der Waals surface area contributed by atoms with Gasteiger partial charge in [-0.15, -0.1) is 0 Å². The molecule has 0 aromatic heterocycles. The van der Waals surface area contributed by atoms with E-state index in [9.17, 15) is 23.1 Å². The van der Waals surface area contributed by atoms with Gasteiger partial charge in [-0.1, -0.05) is 27.5 Å². The molecule has 0 unspecified atom stereocenters. The molecule has 0 fully saturated rings. The first-order valence-electron chi connectivity index (χ1n) is 7.66. The van der Waals surface area contributed by atoms with Crippen molar-refractivity contribution in [3.8, 4) is 0 Å². The van der Waals surface area contributed by atoms with Crippen LogP contribution < -0.4 is 4.31 Å². The molecule has 2 rings (SSSR count). The predicted octanol–water partition coefficient (Wildman–Crippen LogP) is 3.86. The second kappa shape index (κ2) is 8.73. The largest absolute Gasteiger partial charge is 0.481 e. The van der Waals surface area contributed by atoms with Crippen LogP contribution in [0.25, 0.3) is 0 Å². The Labute approximate surface area is 169 Å². The molecular weight excluding hydrogens is 462 g/mol. The highest BCUT2D eigenvalue weighted by molar-refractivity contribution is 9.10. The van der Waals surface area contributed by atoms with Crippen molar-refractivity contribution in [2.45, 2.75) is 17.7 Å². The molecule has 0 heterocycles. The summed E-state index contributed by atoms with van der Waals surface area (Å²) in [6.45, 7) is -0.134. The molecule has 0 radical (unpaired) electrons. The maximum atomic E-state index is 13.1. The van der Waals surface area contributed by atoms with E-state index in [-0.39, 0.29) is 40.6 Å².